The molecular weight excluding hydrogens is 422 g/mol. The van der Waals surface area contributed by atoms with Crippen molar-refractivity contribution in [1.29, 1.82) is 0 Å². The molecule has 2 aromatic carbocycles. The van der Waals surface area contributed by atoms with Crippen LogP contribution in [0.1, 0.15) is 12.5 Å². The largest absolute Gasteiger partial charge is 0.490 e. The quantitative estimate of drug-likeness (QED) is 0.472. The first-order valence-electron chi connectivity index (χ1n) is 8.52. The van der Waals surface area contributed by atoms with E-state index in [1.807, 2.05) is 0 Å². The van der Waals surface area contributed by atoms with E-state index in [0.29, 0.717) is 5.02 Å². The molecule has 0 bridgehead atoms. The zero-order valence-corrected chi connectivity index (χ0v) is 17.4. The van der Waals surface area contributed by atoms with Gasteiger partial charge in [0.1, 0.15) is 0 Å². The number of nitrogens with one attached hydrogen (secondary N) is 1. The number of carbonyl (C=O) groups is 1. The van der Waals surface area contributed by atoms with Gasteiger partial charge in [0.05, 0.1) is 23.5 Å². The molecule has 0 saturated carbocycles. The summed E-state index contributed by atoms with van der Waals surface area (Å²) in [7, 11) is -2.87. The van der Waals surface area contributed by atoms with E-state index in [4.69, 9.17) is 16.3 Å². The standard InChI is InChI=1S/C18H20ClN3O6S/c1-3-21(12-18(23)20-11-13-4-6-14(19)7-5-13)29(26,27)15-8-9-17(28-2)16(10-15)22(24)25/h4-10H,3,11-12H2,1-2H3,(H,20,23). The number of rotatable bonds is 9. The van der Waals surface area contributed by atoms with Crippen LogP contribution in [0.15, 0.2) is 47.4 Å². The summed E-state index contributed by atoms with van der Waals surface area (Å²) < 4.78 is 31.5. The van der Waals surface area contributed by atoms with Crippen LogP contribution in [0.2, 0.25) is 5.02 Å². The fourth-order valence-corrected chi connectivity index (χ4v) is 4.06. The summed E-state index contributed by atoms with van der Waals surface area (Å²) in [4.78, 5) is 22.4. The highest BCUT2D eigenvalue weighted by molar-refractivity contribution is 7.89. The van der Waals surface area contributed by atoms with Gasteiger partial charge in [-0.1, -0.05) is 30.7 Å². The van der Waals surface area contributed by atoms with E-state index in [1.165, 1.54) is 19.2 Å². The summed E-state index contributed by atoms with van der Waals surface area (Å²) in [5.41, 5.74) is 0.330. The van der Waals surface area contributed by atoms with Gasteiger partial charge in [-0.3, -0.25) is 14.9 Å². The molecular formula is C18H20ClN3O6S. The molecule has 1 amide bonds. The minimum absolute atomic E-state index is 0.0104. The Balaban J connectivity index is 2.15. The fraction of sp³-hybridized carbons (Fsp3) is 0.278. The van der Waals surface area contributed by atoms with E-state index in [0.717, 1.165) is 15.9 Å². The van der Waals surface area contributed by atoms with Crippen molar-refractivity contribution >= 4 is 33.2 Å². The lowest BCUT2D eigenvalue weighted by atomic mass is 10.2. The summed E-state index contributed by atoms with van der Waals surface area (Å²) in [5, 5.41) is 14.4. The zero-order valence-electron chi connectivity index (χ0n) is 15.8. The van der Waals surface area contributed by atoms with Crippen LogP contribution in [-0.2, 0) is 21.4 Å². The second kappa shape index (κ2) is 9.68. The average molecular weight is 442 g/mol. The molecule has 0 aromatic heterocycles. The molecule has 0 spiro atoms. The molecule has 9 nitrogen and oxygen atoms in total. The molecule has 0 atom stereocenters. The van der Waals surface area contributed by atoms with Crippen molar-refractivity contribution < 1.29 is 22.9 Å². The van der Waals surface area contributed by atoms with Gasteiger partial charge in [0, 0.05) is 24.2 Å². The number of nitro groups is 1. The number of nitrogens with zero attached hydrogens (tertiary/aromatic N) is 2. The van der Waals surface area contributed by atoms with Crippen molar-refractivity contribution in [2.75, 3.05) is 20.2 Å². The molecule has 156 valence electrons. The number of ether oxygens (including phenoxy) is 1. The number of sulfonamides is 1. The second-order valence-electron chi connectivity index (χ2n) is 5.93. The molecule has 29 heavy (non-hydrogen) atoms. The fourth-order valence-electron chi connectivity index (χ4n) is 2.51. The number of nitro benzene ring substituents is 1. The maximum Gasteiger partial charge on any atom is 0.312 e. The minimum atomic E-state index is -4.12. The number of methoxy groups -OCH3 is 1. The lowest BCUT2D eigenvalue weighted by molar-refractivity contribution is -0.386. The number of halogens is 1. The van der Waals surface area contributed by atoms with Gasteiger partial charge in [0.2, 0.25) is 15.9 Å². The van der Waals surface area contributed by atoms with Crippen molar-refractivity contribution in [3.05, 3.63) is 63.2 Å². The number of likely N-dealkylation sites (N-methyl/N-ethyl adjacent to an activating group) is 1. The van der Waals surface area contributed by atoms with Crippen LogP contribution in [0.25, 0.3) is 0 Å². The maximum atomic E-state index is 12.9. The Kier molecular flexibility index (Phi) is 7.54. The Bertz CT molecular complexity index is 995. The van der Waals surface area contributed by atoms with Crippen LogP contribution in [-0.4, -0.2) is 43.8 Å². The normalized spacial score (nSPS) is 11.3. The van der Waals surface area contributed by atoms with Crippen molar-refractivity contribution in [3.63, 3.8) is 0 Å². The molecule has 0 aliphatic rings. The van der Waals surface area contributed by atoms with Crippen LogP contribution >= 0.6 is 11.6 Å². The summed E-state index contributed by atoms with van der Waals surface area (Å²) >= 11 is 5.81. The predicted molar refractivity (Wildman–Crippen MR) is 107 cm³/mol. The third-order valence-electron chi connectivity index (χ3n) is 4.06. The molecule has 11 heteroatoms. The van der Waals surface area contributed by atoms with Crippen molar-refractivity contribution in [2.24, 2.45) is 0 Å². The van der Waals surface area contributed by atoms with Crippen LogP contribution in [0.5, 0.6) is 5.75 Å². The zero-order chi connectivity index (χ0) is 21.6. The van der Waals surface area contributed by atoms with Gasteiger partial charge < -0.3 is 10.1 Å². The highest BCUT2D eigenvalue weighted by Gasteiger charge is 2.28. The Morgan fingerprint density at radius 1 is 1.24 bits per heavy atom. The predicted octanol–water partition coefficient (Wildman–Crippen LogP) is 2.58. The molecule has 2 aromatic rings. The summed E-state index contributed by atoms with van der Waals surface area (Å²) in [6, 6.07) is 10.2. The number of carbonyl (C=O) groups excluding carboxylic acids is 1. The van der Waals surface area contributed by atoms with Gasteiger partial charge >= 0.3 is 5.69 Å². The summed E-state index contributed by atoms with van der Waals surface area (Å²) in [6.45, 7) is 1.37. The lowest BCUT2D eigenvalue weighted by Crippen LogP contribution is -2.40. The van der Waals surface area contributed by atoms with Gasteiger partial charge in [-0.25, -0.2) is 8.42 Å². The molecule has 0 fully saturated rings. The Labute approximate surface area is 173 Å². The van der Waals surface area contributed by atoms with Gasteiger partial charge in [0.15, 0.2) is 5.75 Å². The summed E-state index contributed by atoms with van der Waals surface area (Å²) in [5.74, 6) is -0.564. The van der Waals surface area contributed by atoms with Crippen LogP contribution in [0.3, 0.4) is 0 Å². The van der Waals surface area contributed by atoms with Crippen LogP contribution in [0, 0.1) is 10.1 Å². The molecule has 2 rings (SSSR count). The SMILES string of the molecule is CCN(CC(=O)NCc1ccc(Cl)cc1)S(=O)(=O)c1ccc(OC)c([N+](=O)[O-])c1. The van der Waals surface area contributed by atoms with Gasteiger partial charge in [-0.2, -0.15) is 4.31 Å². The first-order valence-corrected chi connectivity index (χ1v) is 10.3. The molecule has 0 radical (unpaired) electrons. The number of hydrogen-bond acceptors (Lipinski definition) is 6. The third kappa shape index (κ3) is 5.66. The van der Waals surface area contributed by atoms with Crippen LogP contribution < -0.4 is 10.1 Å². The lowest BCUT2D eigenvalue weighted by Gasteiger charge is -2.20. The Morgan fingerprint density at radius 3 is 2.45 bits per heavy atom. The van der Waals surface area contributed by atoms with Crippen LogP contribution in [0.4, 0.5) is 5.69 Å². The average Bonchev–Trinajstić information content (AvgIpc) is 2.70. The monoisotopic (exact) mass is 441 g/mol. The first-order chi connectivity index (χ1) is 13.7. The molecule has 0 heterocycles. The molecule has 0 unspecified atom stereocenters. The van der Waals surface area contributed by atoms with Crippen molar-refractivity contribution in [2.45, 2.75) is 18.4 Å². The number of benzene rings is 2. The van der Waals surface area contributed by atoms with E-state index in [2.05, 4.69) is 5.32 Å². The smallest absolute Gasteiger partial charge is 0.312 e. The third-order valence-corrected chi connectivity index (χ3v) is 6.23. The molecule has 0 aliphatic heterocycles. The topological polar surface area (TPSA) is 119 Å². The van der Waals surface area contributed by atoms with E-state index in [1.54, 1.807) is 31.2 Å². The molecule has 0 saturated heterocycles. The number of hydrogen-bond donors (Lipinski definition) is 1. The van der Waals surface area contributed by atoms with Gasteiger partial charge in [-0.05, 0) is 29.8 Å². The van der Waals surface area contributed by atoms with E-state index in [-0.39, 0.29) is 23.7 Å². The maximum absolute atomic E-state index is 12.9. The van der Waals surface area contributed by atoms with Crippen molar-refractivity contribution in [3.8, 4) is 5.75 Å². The van der Waals surface area contributed by atoms with E-state index < -0.39 is 33.1 Å². The first kappa shape index (κ1) is 22.6. The van der Waals surface area contributed by atoms with E-state index >= 15 is 0 Å². The highest BCUT2D eigenvalue weighted by Crippen LogP contribution is 2.30. The minimum Gasteiger partial charge on any atom is -0.490 e. The second-order valence-corrected chi connectivity index (χ2v) is 8.30. The molecule has 0 aliphatic carbocycles. The molecule has 1 N–H and O–H groups in total. The van der Waals surface area contributed by atoms with Gasteiger partial charge in [0.25, 0.3) is 0 Å². The Morgan fingerprint density at radius 2 is 1.90 bits per heavy atom. The summed E-state index contributed by atoms with van der Waals surface area (Å²) in [6.07, 6.45) is 0. The van der Waals surface area contributed by atoms with Crippen molar-refractivity contribution in [1.82, 2.24) is 9.62 Å². The highest BCUT2D eigenvalue weighted by atomic mass is 35.5. The number of amides is 1. The van der Waals surface area contributed by atoms with E-state index in [9.17, 15) is 23.3 Å². The Hall–Kier alpha value is -2.69. The van der Waals surface area contributed by atoms with Gasteiger partial charge in [-0.15, -0.1) is 0 Å².